The van der Waals surface area contributed by atoms with Gasteiger partial charge in [-0.2, -0.15) is 11.8 Å². The van der Waals surface area contributed by atoms with Crippen molar-refractivity contribution in [3.05, 3.63) is 36.1 Å². The van der Waals surface area contributed by atoms with E-state index in [1.165, 1.54) is 5.39 Å². The fourth-order valence-electron chi connectivity index (χ4n) is 2.04. The minimum atomic E-state index is 0.369. The van der Waals surface area contributed by atoms with Crippen molar-refractivity contribution in [2.75, 3.05) is 12.3 Å². The topological polar surface area (TPSA) is 25.2 Å². The predicted molar refractivity (Wildman–Crippen MR) is 68.9 cm³/mol. The molecule has 2 unspecified atom stereocenters. The van der Waals surface area contributed by atoms with Gasteiger partial charge in [0.25, 0.3) is 0 Å². The highest BCUT2D eigenvalue weighted by atomic mass is 32.2. The third-order valence-electron chi connectivity index (χ3n) is 2.99. The number of hydrogen-bond donors (Lipinski definition) is 1. The molecule has 2 nitrogen and oxygen atoms in total. The van der Waals surface area contributed by atoms with Crippen LogP contribution in [0.4, 0.5) is 0 Å². The van der Waals surface area contributed by atoms with Crippen molar-refractivity contribution in [2.24, 2.45) is 0 Å². The Hall–Kier alpha value is -0.930. The van der Waals surface area contributed by atoms with Gasteiger partial charge in [-0.3, -0.25) is 0 Å². The molecule has 1 aliphatic heterocycles. The van der Waals surface area contributed by atoms with E-state index < -0.39 is 0 Å². The van der Waals surface area contributed by atoms with Crippen LogP contribution in [0.5, 0.6) is 0 Å². The van der Waals surface area contributed by atoms with Gasteiger partial charge >= 0.3 is 0 Å². The largest absolute Gasteiger partial charge is 0.459 e. The molecule has 84 valence electrons. The lowest BCUT2D eigenvalue weighted by atomic mass is 10.2. The lowest BCUT2D eigenvalue weighted by Crippen LogP contribution is -2.34. The zero-order valence-electron chi connectivity index (χ0n) is 9.27. The number of benzene rings is 1. The quantitative estimate of drug-likeness (QED) is 0.819. The van der Waals surface area contributed by atoms with Gasteiger partial charge in [0, 0.05) is 22.9 Å². The molecule has 1 N–H and O–H groups in total. The van der Waals surface area contributed by atoms with E-state index >= 15 is 0 Å². The summed E-state index contributed by atoms with van der Waals surface area (Å²) < 4.78 is 5.87. The van der Waals surface area contributed by atoms with E-state index in [2.05, 4.69) is 24.4 Å². The minimum absolute atomic E-state index is 0.369. The summed E-state index contributed by atoms with van der Waals surface area (Å²) in [5.74, 6) is 2.17. The third-order valence-corrected chi connectivity index (χ3v) is 4.25. The summed E-state index contributed by atoms with van der Waals surface area (Å²) in [6.45, 7) is 3.32. The fourth-order valence-corrected chi connectivity index (χ4v) is 3.06. The van der Waals surface area contributed by atoms with E-state index in [1.54, 1.807) is 0 Å². The maximum Gasteiger partial charge on any atom is 0.134 e. The smallest absolute Gasteiger partial charge is 0.134 e. The second kappa shape index (κ2) is 4.15. The van der Waals surface area contributed by atoms with E-state index in [0.29, 0.717) is 11.3 Å². The first-order chi connectivity index (χ1) is 7.83. The number of nitrogens with one attached hydrogen (secondary N) is 1. The maximum absolute atomic E-state index is 5.87. The minimum Gasteiger partial charge on any atom is -0.459 e. The van der Waals surface area contributed by atoms with Gasteiger partial charge in [0.15, 0.2) is 0 Å². The van der Waals surface area contributed by atoms with Gasteiger partial charge in [0.2, 0.25) is 0 Å². The highest BCUT2D eigenvalue weighted by Gasteiger charge is 2.22. The van der Waals surface area contributed by atoms with Crippen LogP contribution in [0.1, 0.15) is 18.7 Å². The van der Waals surface area contributed by atoms with Gasteiger partial charge in [-0.25, -0.2) is 0 Å². The first kappa shape index (κ1) is 10.2. The molecule has 1 aromatic carbocycles. The summed E-state index contributed by atoms with van der Waals surface area (Å²) in [5, 5.41) is 5.44. The highest BCUT2D eigenvalue weighted by Crippen LogP contribution is 2.29. The van der Waals surface area contributed by atoms with Crippen LogP contribution in [0, 0.1) is 0 Å². The molecule has 1 aliphatic rings. The number of thioether (sulfide) groups is 1. The fraction of sp³-hybridized carbons (Fsp3) is 0.385. The van der Waals surface area contributed by atoms with Gasteiger partial charge in [0.1, 0.15) is 11.3 Å². The standard InChI is InChI=1S/C13H15NOS/c1-9-7-14-11(8-16-9)13-6-10-4-2-3-5-12(10)15-13/h2-6,9,11,14H,7-8H2,1H3. The number of hydrogen-bond acceptors (Lipinski definition) is 3. The lowest BCUT2D eigenvalue weighted by molar-refractivity contribution is 0.449. The molecule has 16 heavy (non-hydrogen) atoms. The molecule has 0 bridgehead atoms. The number of furan rings is 1. The summed E-state index contributed by atoms with van der Waals surface area (Å²) in [6.07, 6.45) is 0. The van der Waals surface area contributed by atoms with E-state index in [9.17, 15) is 0 Å². The summed E-state index contributed by atoms with van der Waals surface area (Å²) >= 11 is 2.01. The van der Waals surface area contributed by atoms with Crippen molar-refractivity contribution in [1.29, 1.82) is 0 Å². The molecule has 2 heterocycles. The summed E-state index contributed by atoms with van der Waals surface area (Å²) in [7, 11) is 0. The molecule has 0 radical (unpaired) electrons. The summed E-state index contributed by atoms with van der Waals surface area (Å²) in [6, 6.07) is 10.7. The van der Waals surface area contributed by atoms with Crippen molar-refractivity contribution >= 4 is 22.7 Å². The van der Waals surface area contributed by atoms with Crippen LogP contribution in [-0.2, 0) is 0 Å². The SMILES string of the molecule is CC1CNC(c2cc3ccccc3o2)CS1. The van der Waals surface area contributed by atoms with Gasteiger partial charge in [-0.15, -0.1) is 0 Å². The van der Waals surface area contributed by atoms with Crippen LogP contribution >= 0.6 is 11.8 Å². The molecular formula is C13H15NOS. The Bertz CT molecular complexity index is 452. The third kappa shape index (κ3) is 1.85. The van der Waals surface area contributed by atoms with Crippen LogP contribution in [0.15, 0.2) is 34.7 Å². The molecule has 0 aliphatic carbocycles. The lowest BCUT2D eigenvalue weighted by Gasteiger charge is -2.25. The summed E-state index contributed by atoms with van der Waals surface area (Å²) in [5.41, 5.74) is 0.989. The maximum atomic E-state index is 5.87. The van der Waals surface area contributed by atoms with Crippen LogP contribution < -0.4 is 5.32 Å². The molecule has 2 aromatic rings. The highest BCUT2D eigenvalue weighted by molar-refractivity contribution is 8.00. The van der Waals surface area contributed by atoms with Crippen molar-refractivity contribution in [3.8, 4) is 0 Å². The number of rotatable bonds is 1. The molecule has 1 saturated heterocycles. The molecule has 0 amide bonds. The first-order valence-corrected chi connectivity index (χ1v) is 6.71. The normalized spacial score (nSPS) is 26.1. The zero-order chi connectivity index (χ0) is 11.0. The van der Waals surface area contributed by atoms with E-state index in [-0.39, 0.29) is 0 Å². The average Bonchev–Trinajstić information content (AvgIpc) is 2.73. The van der Waals surface area contributed by atoms with Gasteiger partial charge < -0.3 is 9.73 Å². The predicted octanol–water partition coefficient (Wildman–Crippen LogP) is 3.20. The zero-order valence-corrected chi connectivity index (χ0v) is 10.1. The van der Waals surface area contributed by atoms with Crippen molar-refractivity contribution in [3.63, 3.8) is 0 Å². The molecular weight excluding hydrogens is 218 g/mol. The molecule has 0 saturated carbocycles. The molecule has 1 aromatic heterocycles. The summed E-state index contributed by atoms with van der Waals surface area (Å²) in [4.78, 5) is 0. The Morgan fingerprint density at radius 2 is 2.25 bits per heavy atom. The van der Waals surface area contributed by atoms with E-state index in [0.717, 1.165) is 23.6 Å². The van der Waals surface area contributed by atoms with E-state index in [4.69, 9.17) is 4.42 Å². The second-order valence-electron chi connectivity index (χ2n) is 4.29. The van der Waals surface area contributed by atoms with Crippen LogP contribution in [0.2, 0.25) is 0 Å². The second-order valence-corrected chi connectivity index (χ2v) is 5.76. The van der Waals surface area contributed by atoms with Crippen LogP contribution in [0.25, 0.3) is 11.0 Å². The average molecular weight is 233 g/mol. The monoisotopic (exact) mass is 233 g/mol. The molecule has 2 atom stereocenters. The Balaban J connectivity index is 1.88. The van der Waals surface area contributed by atoms with Crippen LogP contribution in [0.3, 0.4) is 0 Å². The molecule has 1 fully saturated rings. The van der Waals surface area contributed by atoms with Gasteiger partial charge in [0.05, 0.1) is 6.04 Å². The van der Waals surface area contributed by atoms with Gasteiger partial charge in [-0.05, 0) is 12.1 Å². The Morgan fingerprint density at radius 3 is 3.00 bits per heavy atom. The Labute approximate surface area is 99.4 Å². The Kier molecular flexibility index (Phi) is 2.65. The van der Waals surface area contributed by atoms with E-state index in [1.807, 2.05) is 30.0 Å². The molecule has 0 spiro atoms. The number of para-hydroxylation sites is 1. The van der Waals surface area contributed by atoms with Gasteiger partial charge in [-0.1, -0.05) is 25.1 Å². The van der Waals surface area contributed by atoms with Crippen molar-refractivity contribution in [2.45, 2.75) is 18.2 Å². The first-order valence-electron chi connectivity index (χ1n) is 5.66. The molecule has 3 heteroatoms. The number of fused-ring (bicyclic) bond motifs is 1. The van der Waals surface area contributed by atoms with Crippen molar-refractivity contribution in [1.82, 2.24) is 5.32 Å². The molecule has 3 rings (SSSR count). The van der Waals surface area contributed by atoms with Crippen LogP contribution in [-0.4, -0.2) is 17.5 Å². The Morgan fingerprint density at radius 1 is 1.38 bits per heavy atom. The van der Waals surface area contributed by atoms with Crippen molar-refractivity contribution < 1.29 is 4.42 Å².